The molecule has 4 aromatic rings. The number of benzene rings is 4. The van der Waals surface area contributed by atoms with Crippen LogP contribution in [-0.4, -0.2) is 11.8 Å². The second-order valence-electron chi connectivity index (χ2n) is 9.19. The molecule has 0 aliphatic heterocycles. The molecule has 0 spiro atoms. The van der Waals surface area contributed by atoms with Gasteiger partial charge in [0.25, 0.3) is 0 Å². The van der Waals surface area contributed by atoms with E-state index in [1.54, 1.807) is 10.6 Å². The highest BCUT2D eigenvalue weighted by molar-refractivity contribution is 7.77. The summed E-state index contributed by atoms with van der Waals surface area (Å²) in [7, 11) is -0.926. The SMILES string of the molecule is CCC(CP(c1ccccc1C)c1ccccc1C)P(c1ccccc1C)c1ccccc1C. The highest BCUT2D eigenvalue weighted by Crippen LogP contribution is 2.49. The Labute approximate surface area is 209 Å². The third kappa shape index (κ3) is 5.35. The summed E-state index contributed by atoms with van der Waals surface area (Å²) in [5, 5.41) is 6.16. The number of hydrogen-bond acceptors (Lipinski definition) is 0. The van der Waals surface area contributed by atoms with Gasteiger partial charge in [0.1, 0.15) is 0 Å². The van der Waals surface area contributed by atoms with Gasteiger partial charge in [-0.15, -0.1) is 0 Å². The fraction of sp³-hybridized carbons (Fsp3) is 0.250. The third-order valence-electron chi connectivity index (χ3n) is 6.79. The standard InChI is InChI=1S/C32H36P2/c1-6-28(34(31-21-13-9-17-26(31)4)32-22-14-10-18-27(32)5)23-33(29-19-11-7-15-24(29)2)30-20-12-8-16-25(30)3/h7-22,28H,6,23H2,1-5H3. The van der Waals surface area contributed by atoms with Crippen molar-refractivity contribution in [1.82, 2.24) is 0 Å². The Hall–Kier alpha value is -2.26. The number of hydrogen-bond donors (Lipinski definition) is 0. The third-order valence-corrected chi connectivity index (χ3v) is 13.4. The van der Waals surface area contributed by atoms with Crippen molar-refractivity contribution >= 4 is 37.1 Å². The first-order valence-electron chi connectivity index (χ1n) is 12.3. The Kier molecular flexibility index (Phi) is 8.37. The lowest BCUT2D eigenvalue weighted by atomic mass is 10.2. The minimum atomic E-state index is -0.472. The molecule has 1 atom stereocenters. The molecule has 0 aliphatic rings. The molecule has 0 saturated carbocycles. The molecule has 2 heteroatoms. The fourth-order valence-electron chi connectivity index (χ4n) is 4.85. The Bertz CT molecular complexity index is 1150. The van der Waals surface area contributed by atoms with E-state index in [4.69, 9.17) is 0 Å². The number of rotatable bonds is 8. The molecule has 4 rings (SSSR count). The van der Waals surface area contributed by atoms with Crippen LogP contribution < -0.4 is 21.2 Å². The predicted molar refractivity (Wildman–Crippen MR) is 156 cm³/mol. The molecule has 4 aromatic carbocycles. The maximum atomic E-state index is 2.40. The van der Waals surface area contributed by atoms with Crippen LogP contribution in [0.25, 0.3) is 0 Å². The van der Waals surface area contributed by atoms with E-state index < -0.39 is 15.8 Å². The molecule has 0 nitrogen and oxygen atoms in total. The topological polar surface area (TPSA) is 0 Å². The zero-order valence-corrected chi connectivity index (χ0v) is 22.9. The van der Waals surface area contributed by atoms with Crippen LogP contribution in [0, 0.1) is 27.7 Å². The summed E-state index contributed by atoms with van der Waals surface area (Å²) in [5.41, 5.74) is 6.30. The molecule has 0 N–H and O–H groups in total. The zero-order chi connectivity index (χ0) is 24.1. The van der Waals surface area contributed by atoms with Crippen LogP contribution in [0.1, 0.15) is 35.6 Å². The van der Waals surface area contributed by atoms with Crippen molar-refractivity contribution in [2.45, 2.75) is 46.7 Å². The lowest BCUT2D eigenvalue weighted by Crippen LogP contribution is -2.30. The quantitative estimate of drug-likeness (QED) is 0.232. The van der Waals surface area contributed by atoms with Gasteiger partial charge in [0.2, 0.25) is 0 Å². The average molecular weight is 483 g/mol. The first-order chi connectivity index (χ1) is 16.5. The summed E-state index contributed by atoms with van der Waals surface area (Å²) in [6.45, 7) is 11.6. The van der Waals surface area contributed by atoms with Gasteiger partial charge in [-0.2, -0.15) is 0 Å². The lowest BCUT2D eigenvalue weighted by molar-refractivity contribution is 0.906. The maximum absolute atomic E-state index is 2.40. The van der Waals surface area contributed by atoms with Crippen molar-refractivity contribution in [3.63, 3.8) is 0 Å². The van der Waals surface area contributed by atoms with E-state index in [1.165, 1.54) is 45.4 Å². The van der Waals surface area contributed by atoms with E-state index in [0.29, 0.717) is 5.66 Å². The lowest BCUT2D eigenvalue weighted by Gasteiger charge is -2.34. The van der Waals surface area contributed by atoms with Crippen molar-refractivity contribution < 1.29 is 0 Å². The van der Waals surface area contributed by atoms with Crippen LogP contribution in [0.3, 0.4) is 0 Å². The monoisotopic (exact) mass is 482 g/mol. The molecule has 0 aromatic heterocycles. The first kappa shape index (κ1) is 24.9. The van der Waals surface area contributed by atoms with Crippen molar-refractivity contribution in [3.05, 3.63) is 119 Å². The van der Waals surface area contributed by atoms with Crippen LogP contribution >= 0.6 is 15.8 Å². The van der Waals surface area contributed by atoms with E-state index in [9.17, 15) is 0 Å². The second kappa shape index (κ2) is 11.4. The van der Waals surface area contributed by atoms with Gasteiger partial charge in [0, 0.05) is 0 Å². The van der Waals surface area contributed by atoms with Crippen molar-refractivity contribution in [2.24, 2.45) is 0 Å². The highest BCUT2D eigenvalue weighted by Gasteiger charge is 2.30. The second-order valence-corrected chi connectivity index (χ2v) is 13.8. The Balaban J connectivity index is 1.85. The predicted octanol–water partition coefficient (Wildman–Crippen LogP) is 7.26. The van der Waals surface area contributed by atoms with Gasteiger partial charge < -0.3 is 0 Å². The van der Waals surface area contributed by atoms with Crippen molar-refractivity contribution in [2.75, 3.05) is 6.16 Å². The van der Waals surface area contributed by atoms with Gasteiger partial charge >= 0.3 is 0 Å². The average Bonchev–Trinajstić information content (AvgIpc) is 2.85. The summed E-state index contributed by atoms with van der Waals surface area (Å²) in [6.07, 6.45) is 2.40. The zero-order valence-electron chi connectivity index (χ0n) is 21.1. The smallest absolute Gasteiger partial charge is 0.00859 e. The summed E-state index contributed by atoms with van der Waals surface area (Å²) in [6, 6.07) is 36.3. The van der Waals surface area contributed by atoms with Gasteiger partial charge in [0.15, 0.2) is 0 Å². The molecule has 0 amide bonds. The fourth-order valence-corrected chi connectivity index (χ4v) is 11.7. The first-order valence-corrected chi connectivity index (χ1v) is 15.2. The number of aryl methyl sites for hydroxylation is 4. The van der Waals surface area contributed by atoms with E-state index in [2.05, 4.69) is 132 Å². The van der Waals surface area contributed by atoms with Gasteiger partial charge in [-0.05, 0) is 105 Å². The van der Waals surface area contributed by atoms with Crippen molar-refractivity contribution in [3.8, 4) is 0 Å². The summed E-state index contributed by atoms with van der Waals surface area (Å²) >= 11 is 0. The maximum Gasteiger partial charge on any atom is -0.00859 e. The van der Waals surface area contributed by atoms with Crippen LogP contribution in [0.15, 0.2) is 97.1 Å². The molecular weight excluding hydrogens is 446 g/mol. The molecule has 34 heavy (non-hydrogen) atoms. The van der Waals surface area contributed by atoms with Gasteiger partial charge in [-0.1, -0.05) is 104 Å². The minimum Gasteiger partial charge on any atom is -0.0647 e. The summed E-state index contributed by atoms with van der Waals surface area (Å²) in [5.74, 6) is 0. The largest absolute Gasteiger partial charge is 0.0647 e. The molecule has 0 aliphatic carbocycles. The van der Waals surface area contributed by atoms with Crippen molar-refractivity contribution in [1.29, 1.82) is 0 Å². The van der Waals surface area contributed by atoms with E-state index in [-0.39, 0.29) is 0 Å². The summed E-state index contributed by atoms with van der Waals surface area (Å²) < 4.78 is 0. The molecule has 0 fully saturated rings. The Morgan fingerprint density at radius 3 is 1.15 bits per heavy atom. The van der Waals surface area contributed by atoms with Crippen LogP contribution in [0.5, 0.6) is 0 Å². The van der Waals surface area contributed by atoms with E-state index in [1.807, 2.05) is 0 Å². The van der Waals surface area contributed by atoms with Gasteiger partial charge in [0.05, 0.1) is 0 Å². The van der Waals surface area contributed by atoms with Crippen LogP contribution in [0.2, 0.25) is 0 Å². The Morgan fingerprint density at radius 2 is 0.824 bits per heavy atom. The normalized spacial score (nSPS) is 12.3. The molecule has 0 bridgehead atoms. The van der Waals surface area contributed by atoms with Gasteiger partial charge in [-0.3, -0.25) is 0 Å². The van der Waals surface area contributed by atoms with Gasteiger partial charge in [-0.25, -0.2) is 0 Å². The molecule has 0 radical (unpaired) electrons. The molecule has 0 heterocycles. The molecule has 1 unspecified atom stereocenters. The Morgan fingerprint density at radius 1 is 0.500 bits per heavy atom. The summed E-state index contributed by atoms with van der Waals surface area (Å²) in [4.78, 5) is 0. The molecule has 0 saturated heterocycles. The molecular formula is C32H36P2. The van der Waals surface area contributed by atoms with E-state index >= 15 is 0 Å². The minimum absolute atomic E-state index is 0.454. The van der Waals surface area contributed by atoms with E-state index in [0.717, 1.165) is 0 Å². The van der Waals surface area contributed by atoms with Crippen LogP contribution in [0.4, 0.5) is 0 Å². The molecule has 174 valence electrons. The highest BCUT2D eigenvalue weighted by atomic mass is 31.1. The van der Waals surface area contributed by atoms with Crippen LogP contribution in [-0.2, 0) is 0 Å².